The van der Waals surface area contributed by atoms with Crippen LogP contribution in [-0.4, -0.2) is 18.0 Å². The van der Waals surface area contributed by atoms with Crippen molar-refractivity contribution in [2.45, 2.75) is 12.8 Å². The molecule has 2 amide bonds. The minimum atomic E-state index is -0.376. The number of carbonyl (C=O) groups is 2. The molecule has 6 nitrogen and oxygen atoms in total. The SMILES string of the molecule is N#Cc1ccc(/C=N/NC(=O)CCC(=O)Nc2ccccc2Cl)cc1. The second-order valence-corrected chi connectivity index (χ2v) is 5.46. The first-order valence-corrected chi connectivity index (χ1v) is 7.83. The number of nitrogens with one attached hydrogen (secondary N) is 2. The van der Waals surface area contributed by atoms with Crippen molar-refractivity contribution in [2.24, 2.45) is 5.10 Å². The number of rotatable bonds is 6. The Balaban J connectivity index is 1.74. The van der Waals surface area contributed by atoms with Gasteiger partial charge in [-0.25, -0.2) is 5.43 Å². The standard InChI is InChI=1S/C18H15ClN4O2/c19-15-3-1-2-4-16(15)22-17(24)9-10-18(25)23-21-12-14-7-5-13(11-20)6-8-14/h1-8,12H,9-10H2,(H,22,24)(H,23,25)/b21-12+. The van der Waals surface area contributed by atoms with Gasteiger partial charge in [-0.05, 0) is 29.8 Å². The first-order valence-electron chi connectivity index (χ1n) is 7.45. The summed E-state index contributed by atoms with van der Waals surface area (Å²) in [5.74, 6) is -0.682. The lowest BCUT2D eigenvalue weighted by Gasteiger charge is -2.06. The van der Waals surface area contributed by atoms with Crippen LogP contribution in [0.4, 0.5) is 5.69 Å². The Morgan fingerprint density at radius 3 is 2.44 bits per heavy atom. The number of benzene rings is 2. The summed E-state index contributed by atoms with van der Waals surface area (Å²) in [6.45, 7) is 0. The summed E-state index contributed by atoms with van der Waals surface area (Å²) in [7, 11) is 0. The molecule has 0 unspecified atom stereocenters. The molecule has 0 aliphatic carbocycles. The monoisotopic (exact) mass is 354 g/mol. The van der Waals surface area contributed by atoms with Gasteiger partial charge in [-0.1, -0.05) is 35.9 Å². The molecular formula is C18H15ClN4O2. The largest absolute Gasteiger partial charge is 0.325 e. The van der Waals surface area contributed by atoms with Gasteiger partial charge in [0.25, 0.3) is 0 Å². The molecule has 0 fully saturated rings. The van der Waals surface area contributed by atoms with E-state index in [0.717, 1.165) is 5.56 Å². The van der Waals surface area contributed by atoms with Crippen LogP contribution in [0.15, 0.2) is 53.6 Å². The summed E-state index contributed by atoms with van der Waals surface area (Å²) in [5.41, 5.74) is 4.15. The van der Waals surface area contributed by atoms with Crippen LogP contribution in [0, 0.1) is 11.3 Å². The molecule has 7 heteroatoms. The highest BCUT2D eigenvalue weighted by molar-refractivity contribution is 6.33. The van der Waals surface area contributed by atoms with Gasteiger partial charge in [0, 0.05) is 12.8 Å². The number of nitrogens with zero attached hydrogens (tertiary/aromatic N) is 2. The van der Waals surface area contributed by atoms with Crippen molar-refractivity contribution in [3.05, 3.63) is 64.7 Å². The van der Waals surface area contributed by atoms with E-state index < -0.39 is 0 Å². The van der Waals surface area contributed by atoms with Crippen molar-refractivity contribution in [1.82, 2.24) is 5.43 Å². The zero-order valence-corrected chi connectivity index (χ0v) is 14.0. The van der Waals surface area contributed by atoms with Crippen molar-refractivity contribution in [3.63, 3.8) is 0 Å². The second kappa shape index (κ2) is 9.21. The van der Waals surface area contributed by atoms with Gasteiger partial charge in [0.1, 0.15) is 0 Å². The summed E-state index contributed by atoms with van der Waals surface area (Å²) in [6, 6.07) is 15.6. The van der Waals surface area contributed by atoms with E-state index in [0.29, 0.717) is 16.3 Å². The Hall–Kier alpha value is -3.17. The Morgan fingerprint density at radius 2 is 1.76 bits per heavy atom. The van der Waals surface area contributed by atoms with E-state index in [2.05, 4.69) is 15.8 Å². The van der Waals surface area contributed by atoms with Gasteiger partial charge in [-0.15, -0.1) is 0 Å². The lowest BCUT2D eigenvalue weighted by atomic mass is 10.2. The van der Waals surface area contributed by atoms with Gasteiger partial charge in [0.05, 0.1) is 28.6 Å². The van der Waals surface area contributed by atoms with Crippen molar-refractivity contribution in [1.29, 1.82) is 5.26 Å². The molecule has 2 N–H and O–H groups in total. The summed E-state index contributed by atoms with van der Waals surface area (Å²) in [4.78, 5) is 23.5. The van der Waals surface area contributed by atoms with E-state index in [4.69, 9.17) is 16.9 Å². The fraction of sp³-hybridized carbons (Fsp3) is 0.111. The molecule has 0 aliphatic heterocycles. The van der Waals surface area contributed by atoms with Gasteiger partial charge < -0.3 is 5.32 Å². The van der Waals surface area contributed by atoms with E-state index in [1.165, 1.54) is 6.21 Å². The fourth-order valence-electron chi connectivity index (χ4n) is 1.88. The Kier molecular flexibility index (Phi) is 6.69. The molecule has 2 rings (SSSR count). The van der Waals surface area contributed by atoms with Crippen LogP contribution < -0.4 is 10.7 Å². The Morgan fingerprint density at radius 1 is 1.08 bits per heavy atom. The van der Waals surface area contributed by atoms with Crippen molar-refractivity contribution in [2.75, 3.05) is 5.32 Å². The lowest BCUT2D eigenvalue weighted by Crippen LogP contribution is -2.20. The molecule has 0 saturated carbocycles. The molecule has 0 radical (unpaired) electrons. The van der Waals surface area contributed by atoms with Crippen LogP contribution in [0.25, 0.3) is 0 Å². The highest BCUT2D eigenvalue weighted by atomic mass is 35.5. The maximum absolute atomic E-state index is 11.8. The number of para-hydroxylation sites is 1. The zero-order chi connectivity index (χ0) is 18.1. The van der Waals surface area contributed by atoms with Gasteiger partial charge in [0.2, 0.25) is 11.8 Å². The highest BCUT2D eigenvalue weighted by Gasteiger charge is 2.08. The second-order valence-electron chi connectivity index (χ2n) is 5.06. The number of anilines is 1. The number of nitriles is 1. The van der Waals surface area contributed by atoms with Crippen LogP contribution in [-0.2, 0) is 9.59 Å². The zero-order valence-electron chi connectivity index (χ0n) is 13.2. The smallest absolute Gasteiger partial charge is 0.240 e. The maximum Gasteiger partial charge on any atom is 0.240 e. The Bertz CT molecular complexity index is 826. The number of hydrogen-bond acceptors (Lipinski definition) is 4. The van der Waals surface area contributed by atoms with Gasteiger partial charge in [0.15, 0.2) is 0 Å². The third kappa shape index (κ3) is 6.09. The number of hydrogen-bond donors (Lipinski definition) is 2. The van der Waals surface area contributed by atoms with E-state index in [9.17, 15) is 9.59 Å². The first kappa shape index (κ1) is 18.2. The molecule has 0 saturated heterocycles. The van der Waals surface area contributed by atoms with Crippen LogP contribution in [0.3, 0.4) is 0 Å². The molecule has 2 aromatic carbocycles. The van der Waals surface area contributed by atoms with E-state index >= 15 is 0 Å². The maximum atomic E-state index is 11.8. The third-order valence-electron chi connectivity index (χ3n) is 3.17. The average molecular weight is 355 g/mol. The molecule has 0 aliphatic rings. The normalized spacial score (nSPS) is 10.2. The van der Waals surface area contributed by atoms with Gasteiger partial charge in [-0.3, -0.25) is 9.59 Å². The molecule has 0 aromatic heterocycles. The van der Waals surface area contributed by atoms with Crippen molar-refractivity contribution >= 4 is 35.3 Å². The van der Waals surface area contributed by atoms with Gasteiger partial charge in [-0.2, -0.15) is 10.4 Å². The Labute approximate surface area is 150 Å². The first-order chi connectivity index (χ1) is 12.1. The fourth-order valence-corrected chi connectivity index (χ4v) is 2.06. The average Bonchev–Trinajstić information content (AvgIpc) is 2.62. The molecule has 0 bridgehead atoms. The molecule has 0 heterocycles. The molecule has 0 atom stereocenters. The number of carbonyl (C=O) groups excluding carboxylic acids is 2. The third-order valence-corrected chi connectivity index (χ3v) is 3.50. The summed E-state index contributed by atoms with van der Waals surface area (Å²) >= 11 is 5.95. The van der Waals surface area contributed by atoms with Crippen LogP contribution in [0.5, 0.6) is 0 Å². The molecule has 0 spiro atoms. The highest BCUT2D eigenvalue weighted by Crippen LogP contribution is 2.20. The van der Waals surface area contributed by atoms with Crippen LogP contribution >= 0.6 is 11.6 Å². The minimum Gasteiger partial charge on any atom is -0.325 e. The van der Waals surface area contributed by atoms with E-state index in [-0.39, 0.29) is 24.7 Å². The van der Waals surface area contributed by atoms with Crippen LogP contribution in [0.2, 0.25) is 5.02 Å². The van der Waals surface area contributed by atoms with E-state index in [1.54, 1.807) is 48.5 Å². The predicted octanol–water partition coefficient (Wildman–Crippen LogP) is 3.08. The summed E-state index contributed by atoms with van der Waals surface area (Å²) < 4.78 is 0. The van der Waals surface area contributed by atoms with Crippen molar-refractivity contribution < 1.29 is 9.59 Å². The van der Waals surface area contributed by atoms with Gasteiger partial charge >= 0.3 is 0 Å². The van der Waals surface area contributed by atoms with Crippen LogP contribution in [0.1, 0.15) is 24.0 Å². The number of hydrazone groups is 1. The molecular weight excluding hydrogens is 340 g/mol. The minimum absolute atomic E-state index is 0.000988. The molecule has 25 heavy (non-hydrogen) atoms. The quantitative estimate of drug-likeness (QED) is 0.616. The summed E-state index contributed by atoms with van der Waals surface area (Å²) in [6.07, 6.45) is 1.48. The topological polar surface area (TPSA) is 94.3 Å². The van der Waals surface area contributed by atoms with E-state index in [1.807, 2.05) is 6.07 Å². The lowest BCUT2D eigenvalue weighted by molar-refractivity contribution is -0.124. The molecule has 2 aromatic rings. The number of halogens is 1. The predicted molar refractivity (Wildman–Crippen MR) is 96.2 cm³/mol. The number of amides is 2. The molecule has 126 valence electrons. The van der Waals surface area contributed by atoms with Crippen molar-refractivity contribution in [3.8, 4) is 6.07 Å². The summed E-state index contributed by atoms with van der Waals surface area (Å²) in [5, 5.41) is 15.6.